The number of hydrazine groups is 1. The quantitative estimate of drug-likeness (QED) is 0.581. The summed E-state index contributed by atoms with van der Waals surface area (Å²) in [5, 5.41) is 0. The summed E-state index contributed by atoms with van der Waals surface area (Å²) in [5.41, 5.74) is 2.85. The number of hydrogen-bond acceptors (Lipinski definition) is 4. The Kier molecular flexibility index (Phi) is 4.44. The molecule has 0 aliphatic heterocycles. The van der Waals surface area contributed by atoms with E-state index in [0.29, 0.717) is 11.6 Å². The number of anilines is 1. The molecule has 1 saturated carbocycles. The van der Waals surface area contributed by atoms with Crippen molar-refractivity contribution in [3.05, 3.63) is 24.3 Å². The monoisotopic (exact) mass is 283 g/mol. The van der Waals surface area contributed by atoms with Crippen LogP contribution < -0.4 is 16.0 Å². The van der Waals surface area contributed by atoms with E-state index in [-0.39, 0.29) is 10.9 Å². The van der Waals surface area contributed by atoms with Crippen LogP contribution in [0.15, 0.2) is 29.2 Å². The maximum absolute atomic E-state index is 12.4. The fourth-order valence-electron chi connectivity index (χ4n) is 2.57. The van der Waals surface area contributed by atoms with Gasteiger partial charge in [0.2, 0.25) is 10.0 Å². The summed E-state index contributed by atoms with van der Waals surface area (Å²) >= 11 is 0. The molecule has 0 spiro atoms. The van der Waals surface area contributed by atoms with Crippen molar-refractivity contribution in [1.82, 2.24) is 4.72 Å². The fourth-order valence-corrected chi connectivity index (χ4v) is 4.12. The second kappa shape index (κ2) is 5.90. The predicted octanol–water partition coefficient (Wildman–Crippen LogP) is 1.83. The van der Waals surface area contributed by atoms with Crippen LogP contribution in [-0.4, -0.2) is 14.5 Å². The van der Waals surface area contributed by atoms with E-state index >= 15 is 0 Å². The van der Waals surface area contributed by atoms with E-state index in [1.165, 1.54) is 6.42 Å². The molecule has 1 fully saturated rings. The topological polar surface area (TPSA) is 84.2 Å². The molecule has 0 aromatic heterocycles. The Bertz CT molecular complexity index is 530. The van der Waals surface area contributed by atoms with Gasteiger partial charge in [-0.05, 0) is 30.9 Å². The van der Waals surface area contributed by atoms with Crippen LogP contribution in [0.5, 0.6) is 0 Å². The van der Waals surface area contributed by atoms with Crippen molar-refractivity contribution in [3.8, 4) is 0 Å². The normalized spacial score (nSPS) is 24.1. The molecule has 2 atom stereocenters. The van der Waals surface area contributed by atoms with Crippen LogP contribution in [0.3, 0.4) is 0 Å². The number of sulfonamides is 1. The molecule has 0 bridgehead atoms. The predicted molar refractivity (Wildman–Crippen MR) is 76.0 cm³/mol. The minimum absolute atomic E-state index is 0.0181. The van der Waals surface area contributed by atoms with Gasteiger partial charge in [0.05, 0.1) is 5.69 Å². The second-order valence-electron chi connectivity index (χ2n) is 5.13. The molecular weight excluding hydrogens is 262 g/mol. The summed E-state index contributed by atoms with van der Waals surface area (Å²) in [6.07, 6.45) is 4.23. The zero-order valence-corrected chi connectivity index (χ0v) is 11.9. The fraction of sp³-hybridized carbons (Fsp3) is 0.538. The summed E-state index contributed by atoms with van der Waals surface area (Å²) in [6.45, 7) is 2.10. The maximum atomic E-state index is 12.4. The van der Waals surface area contributed by atoms with Crippen LogP contribution in [0.2, 0.25) is 0 Å². The van der Waals surface area contributed by atoms with Gasteiger partial charge in [0.1, 0.15) is 4.90 Å². The lowest BCUT2D eigenvalue weighted by atomic mass is 9.87. The Hall–Kier alpha value is -1.11. The first kappa shape index (κ1) is 14.3. The number of rotatable bonds is 4. The van der Waals surface area contributed by atoms with Crippen molar-refractivity contribution in [2.24, 2.45) is 11.8 Å². The molecular formula is C13H21N3O2S. The zero-order valence-electron chi connectivity index (χ0n) is 11.1. The second-order valence-corrected chi connectivity index (χ2v) is 6.81. The lowest BCUT2D eigenvalue weighted by Gasteiger charge is -2.29. The van der Waals surface area contributed by atoms with Crippen molar-refractivity contribution in [2.75, 3.05) is 5.43 Å². The number of hydrogen-bond donors (Lipinski definition) is 3. The van der Waals surface area contributed by atoms with Crippen molar-refractivity contribution in [2.45, 2.75) is 43.5 Å². The first-order chi connectivity index (χ1) is 9.04. The van der Waals surface area contributed by atoms with Crippen molar-refractivity contribution >= 4 is 15.7 Å². The number of nitrogens with two attached hydrogens (primary N) is 1. The van der Waals surface area contributed by atoms with Gasteiger partial charge in [0, 0.05) is 6.04 Å². The van der Waals surface area contributed by atoms with Gasteiger partial charge in [0.25, 0.3) is 0 Å². The van der Waals surface area contributed by atoms with E-state index in [9.17, 15) is 8.42 Å². The van der Waals surface area contributed by atoms with Gasteiger partial charge in [-0.2, -0.15) is 0 Å². The molecule has 0 amide bonds. The molecule has 5 nitrogen and oxygen atoms in total. The molecule has 2 unspecified atom stereocenters. The molecule has 19 heavy (non-hydrogen) atoms. The molecule has 0 saturated heterocycles. The van der Waals surface area contributed by atoms with Crippen LogP contribution >= 0.6 is 0 Å². The van der Waals surface area contributed by atoms with Gasteiger partial charge in [-0.1, -0.05) is 31.9 Å². The van der Waals surface area contributed by atoms with Gasteiger partial charge >= 0.3 is 0 Å². The lowest BCUT2D eigenvalue weighted by molar-refractivity contribution is 0.310. The molecule has 1 aromatic carbocycles. The first-order valence-electron chi connectivity index (χ1n) is 6.62. The van der Waals surface area contributed by atoms with Crippen molar-refractivity contribution in [1.29, 1.82) is 0 Å². The number of nitrogens with one attached hydrogen (secondary N) is 2. The lowest BCUT2D eigenvalue weighted by Crippen LogP contribution is -2.41. The highest BCUT2D eigenvalue weighted by Crippen LogP contribution is 2.26. The molecule has 0 radical (unpaired) electrons. The Morgan fingerprint density at radius 1 is 1.21 bits per heavy atom. The average molecular weight is 283 g/mol. The van der Waals surface area contributed by atoms with Crippen molar-refractivity contribution < 1.29 is 8.42 Å². The van der Waals surface area contributed by atoms with Gasteiger partial charge in [0.15, 0.2) is 0 Å². The SMILES string of the molecule is CC1CCCCC1NS(=O)(=O)c1ccccc1NN. The third-order valence-corrected chi connectivity index (χ3v) is 5.30. The van der Waals surface area contributed by atoms with E-state index in [1.54, 1.807) is 24.3 Å². The Labute approximate surface area is 114 Å². The number of nitrogen functional groups attached to an aromatic ring is 1. The van der Waals surface area contributed by atoms with E-state index in [0.717, 1.165) is 19.3 Å². The van der Waals surface area contributed by atoms with Crippen LogP contribution in [0.25, 0.3) is 0 Å². The minimum Gasteiger partial charge on any atom is -0.323 e. The molecule has 1 aromatic rings. The van der Waals surface area contributed by atoms with Crippen LogP contribution in [0, 0.1) is 5.92 Å². The maximum Gasteiger partial charge on any atom is 0.242 e. The molecule has 106 valence electrons. The van der Waals surface area contributed by atoms with E-state index in [1.807, 2.05) is 0 Å². The van der Waals surface area contributed by atoms with Gasteiger partial charge < -0.3 is 5.43 Å². The number of benzene rings is 1. The third-order valence-electron chi connectivity index (χ3n) is 3.75. The van der Waals surface area contributed by atoms with Gasteiger partial charge in [-0.25, -0.2) is 13.1 Å². The van der Waals surface area contributed by atoms with E-state index in [2.05, 4.69) is 17.1 Å². The van der Waals surface area contributed by atoms with Gasteiger partial charge in [-0.15, -0.1) is 0 Å². The van der Waals surface area contributed by atoms with E-state index < -0.39 is 10.0 Å². The van der Waals surface area contributed by atoms with E-state index in [4.69, 9.17) is 5.84 Å². The van der Waals surface area contributed by atoms with Crippen molar-refractivity contribution in [3.63, 3.8) is 0 Å². The summed E-state index contributed by atoms with van der Waals surface area (Å²) in [4.78, 5) is 0.204. The number of para-hydroxylation sites is 1. The molecule has 4 N–H and O–H groups in total. The molecule has 1 aliphatic rings. The van der Waals surface area contributed by atoms with Crippen LogP contribution in [-0.2, 0) is 10.0 Å². The Morgan fingerprint density at radius 2 is 1.89 bits per heavy atom. The summed E-state index contributed by atoms with van der Waals surface area (Å²) in [7, 11) is -3.53. The standard InChI is InChI=1S/C13H21N3O2S/c1-10-6-2-3-7-11(10)16-19(17,18)13-9-5-4-8-12(13)15-14/h4-5,8-11,15-16H,2-3,6-7,14H2,1H3. The summed E-state index contributed by atoms with van der Waals surface area (Å²) in [5.74, 6) is 5.74. The van der Waals surface area contributed by atoms with Gasteiger partial charge in [-0.3, -0.25) is 5.84 Å². The highest BCUT2D eigenvalue weighted by molar-refractivity contribution is 7.89. The summed E-state index contributed by atoms with van der Waals surface area (Å²) in [6, 6.07) is 6.67. The van der Waals surface area contributed by atoms with Crippen LogP contribution in [0.1, 0.15) is 32.6 Å². The highest BCUT2D eigenvalue weighted by Gasteiger charge is 2.27. The third kappa shape index (κ3) is 3.26. The zero-order chi connectivity index (χ0) is 13.9. The highest BCUT2D eigenvalue weighted by atomic mass is 32.2. The minimum atomic E-state index is -3.53. The summed E-state index contributed by atoms with van der Waals surface area (Å²) < 4.78 is 27.7. The molecule has 6 heteroatoms. The first-order valence-corrected chi connectivity index (χ1v) is 8.11. The molecule has 0 heterocycles. The average Bonchev–Trinajstić information content (AvgIpc) is 2.41. The smallest absolute Gasteiger partial charge is 0.242 e. The Morgan fingerprint density at radius 3 is 2.58 bits per heavy atom. The molecule has 2 rings (SSSR count). The molecule has 1 aliphatic carbocycles. The Balaban J connectivity index is 2.22. The largest absolute Gasteiger partial charge is 0.323 e. The van der Waals surface area contributed by atoms with Crippen LogP contribution in [0.4, 0.5) is 5.69 Å².